The Morgan fingerprint density at radius 3 is 2.33 bits per heavy atom. The van der Waals surface area contributed by atoms with Crippen molar-refractivity contribution in [2.24, 2.45) is 17.8 Å². The van der Waals surface area contributed by atoms with E-state index in [4.69, 9.17) is 4.74 Å². The fraction of sp³-hybridized carbons (Fsp3) is 1.00. The van der Waals surface area contributed by atoms with Crippen molar-refractivity contribution in [1.29, 1.82) is 0 Å². The Morgan fingerprint density at radius 2 is 1.67 bits per heavy atom. The first kappa shape index (κ1) is 14.4. The van der Waals surface area contributed by atoms with Crippen molar-refractivity contribution in [1.82, 2.24) is 0 Å². The van der Waals surface area contributed by atoms with Gasteiger partial charge in [0.25, 0.3) is 0 Å². The van der Waals surface area contributed by atoms with Crippen LogP contribution >= 0.6 is 0 Å². The minimum atomic E-state index is 0.585. The van der Waals surface area contributed by atoms with Gasteiger partial charge in [0.1, 0.15) is 0 Å². The molecule has 2 rings (SSSR count). The van der Waals surface area contributed by atoms with E-state index >= 15 is 0 Å². The number of ether oxygens (including phenoxy) is 1. The Balaban J connectivity index is 1.75. The second-order valence-corrected chi connectivity index (χ2v) is 6.57. The zero-order chi connectivity index (χ0) is 12.8. The van der Waals surface area contributed by atoms with Gasteiger partial charge in [0, 0.05) is 6.61 Å². The van der Waals surface area contributed by atoms with Crippen molar-refractivity contribution in [3.63, 3.8) is 0 Å². The highest BCUT2D eigenvalue weighted by Gasteiger charge is 2.31. The maximum absolute atomic E-state index is 5.86. The summed E-state index contributed by atoms with van der Waals surface area (Å²) in [4.78, 5) is 0. The summed E-state index contributed by atoms with van der Waals surface area (Å²) in [6.45, 7) is 5.38. The third kappa shape index (κ3) is 3.98. The van der Waals surface area contributed by atoms with Crippen molar-refractivity contribution in [3.8, 4) is 0 Å². The van der Waals surface area contributed by atoms with Crippen LogP contribution in [0, 0.1) is 17.8 Å². The summed E-state index contributed by atoms with van der Waals surface area (Å²) in [5.41, 5.74) is 0. The quantitative estimate of drug-likeness (QED) is 0.654. The molecule has 0 spiro atoms. The van der Waals surface area contributed by atoms with Crippen LogP contribution in [0.15, 0.2) is 0 Å². The molecular weight excluding hydrogens is 220 g/mol. The molecular formula is C17H32O. The van der Waals surface area contributed by atoms with E-state index in [0.29, 0.717) is 6.10 Å². The molecule has 0 unspecified atom stereocenters. The molecule has 0 amide bonds. The lowest BCUT2D eigenvalue weighted by Gasteiger charge is -2.38. The molecule has 2 aliphatic carbocycles. The Bertz CT molecular complexity index is 216. The van der Waals surface area contributed by atoms with Crippen molar-refractivity contribution < 1.29 is 4.74 Å². The predicted molar refractivity (Wildman–Crippen MR) is 77.7 cm³/mol. The van der Waals surface area contributed by atoms with Crippen LogP contribution in [0.3, 0.4) is 0 Å². The minimum Gasteiger partial charge on any atom is -0.378 e. The van der Waals surface area contributed by atoms with Crippen molar-refractivity contribution in [3.05, 3.63) is 0 Å². The maximum atomic E-state index is 5.86. The van der Waals surface area contributed by atoms with Gasteiger partial charge in [-0.05, 0) is 56.8 Å². The highest BCUT2D eigenvalue weighted by atomic mass is 16.5. The monoisotopic (exact) mass is 252 g/mol. The lowest BCUT2D eigenvalue weighted by Crippen LogP contribution is -2.30. The summed E-state index contributed by atoms with van der Waals surface area (Å²) in [7, 11) is 0. The van der Waals surface area contributed by atoms with Gasteiger partial charge in [0.15, 0.2) is 0 Å². The Morgan fingerprint density at radius 1 is 0.889 bits per heavy atom. The molecule has 0 aliphatic heterocycles. The standard InChI is InChI=1S/C17H32O/c1-3-6-14-9-11-15(12-10-14)16-7-5-8-17(13-16)18-4-2/h14-17H,3-13H2,1-2H3/t14?,15?,16-,17-/m1/s1. The molecule has 0 aromatic rings. The SMILES string of the molecule is CCCC1CCC([C@@H]2CCC[C@@H](OCC)C2)CC1. The summed E-state index contributed by atoms with van der Waals surface area (Å²) in [5.74, 6) is 3.07. The van der Waals surface area contributed by atoms with Crippen molar-refractivity contribution in [2.75, 3.05) is 6.61 Å². The first-order valence-corrected chi connectivity index (χ1v) is 8.45. The van der Waals surface area contributed by atoms with Crippen LogP contribution in [-0.2, 0) is 4.74 Å². The zero-order valence-corrected chi connectivity index (χ0v) is 12.5. The fourth-order valence-electron chi connectivity index (χ4n) is 4.35. The average molecular weight is 252 g/mol. The number of rotatable bonds is 5. The molecule has 18 heavy (non-hydrogen) atoms. The molecule has 1 heteroatoms. The molecule has 106 valence electrons. The minimum absolute atomic E-state index is 0.585. The summed E-state index contributed by atoms with van der Waals surface area (Å²) in [5, 5.41) is 0. The van der Waals surface area contributed by atoms with Gasteiger partial charge in [0.05, 0.1) is 6.10 Å². The lowest BCUT2D eigenvalue weighted by molar-refractivity contribution is 0.00398. The Hall–Kier alpha value is -0.0400. The second kappa shape index (κ2) is 7.53. The molecule has 0 N–H and O–H groups in total. The van der Waals surface area contributed by atoms with E-state index in [-0.39, 0.29) is 0 Å². The van der Waals surface area contributed by atoms with E-state index in [0.717, 1.165) is 24.4 Å². The fourth-order valence-corrected chi connectivity index (χ4v) is 4.35. The van der Waals surface area contributed by atoms with Gasteiger partial charge in [-0.25, -0.2) is 0 Å². The van der Waals surface area contributed by atoms with E-state index in [1.54, 1.807) is 0 Å². The third-order valence-corrected chi connectivity index (χ3v) is 5.32. The van der Waals surface area contributed by atoms with Crippen LogP contribution in [0.4, 0.5) is 0 Å². The molecule has 0 radical (unpaired) electrons. The zero-order valence-electron chi connectivity index (χ0n) is 12.5. The molecule has 2 saturated carbocycles. The van der Waals surface area contributed by atoms with Gasteiger partial charge in [-0.1, -0.05) is 39.0 Å². The van der Waals surface area contributed by atoms with Crippen LogP contribution in [0.25, 0.3) is 0 Å². The Kier molecular flexibility index (Phi) is 6.01. The van der Waals surface area contributed by atoms with Crippen LogP contribution in [0.2, 0.25) is 0 Å². The average Bonchev–Trinajstić information content (AvgIpc) is 2.41. The molecule has 0 aromatic heterocycles. The van der Waals surface area contributed by atoms with E-state index < -0.39 is 0 Å². The van der Waals surface area contributed by atoms with E-state index in [2.05, 4.69) is 13.8 Å². The normalized spacial score (nSPS) is 37.7. The maximum Gasteiger partial charge on any atom is 0.0577 e. The smallest absolute Gasteiger partial charge is 0.0577 e. The first-order chi connectivity index (χ1) is 8.83. The molecule has 2 fully saturated rings. The topological polar surface area (TPSA) is 9.23 Å². The van der Waals surface area contributed by atoms with Crippen molar-refractivity contribution in [2.45, 2.75) is 84.2 Å². The van der Waals surface area contributed by atoms with Gasteiger partial charge in [-0.3, -0.25) is 0 Å². The van der Waals surface area contributed by atoms with Gasteiger partial charge in [-0.15, -0.1) is 0 Å². The highest BCUT2D eigenvalue weighted by molar-refractivity contribution is 4.82. The predicted octanol–water partition coefficient (Wildman–Crippen LogP) is 5.19. The van der Waals surface area contributed by atoms with Crippen LogP contribution in [0.1, 0.15) is 78.1 Å². The van der Waals surface area contributed by atoms with Crippen molar-refractivity contribution >= 4 is 0 Å². The van der Waals surface area contributed by atoms with Gasteiger partial charge < -0.3 is 4.74 Å². The van der Waals surface area contributed by atoms with Gasteiger partial charge in [0.2, 0.25) is 0 Å². The van der Waals surface area contributed by atoms with Crippen LogP contribution in [0.5, 0.6) is 0 Å². The summed E-state index contributed by atoms with van der Waals surface area (Å²) in [6.07, 6.45) is 15.0. The first-order valence-electron chi connectivity index (χ1n) is 8.45. The molecule has 0 saturated heterocycles. The third-order valence-electron chi connectivity index (χ3n) is 5.32. The second-order valence-electron chi connectivity index (χ2n) is 6.57. The van der Waals surface area contributed by atoms with E-state index in [1.165, 1.54) is 64.2 Å². The molecule has 0 heterocycles. The van der Waals surface area contributed by atoms with Gasteiger partial charge in [-0.2, -0.15) is 0 Å². The molecule has 2 aliphatic rings. The van der Waals surface area contributed by atoms with E-state index in [9.17, 15) is 0 Å². The number of hydrogen-bond donors (Lipinski definition) is 0. The summed E-state index contributed by atoms with van der Waals surface area (Å²) in [6, 6.07) is 0. The molecule has 0 aromatic carbocycles. The lowest BCUT2D eigenvalue weighted by atomic mass is 9.70. The summed E-state index contributed by atoms with van der Waals surface area (Å²) < 4.78 is 5.86. The Labute approximate surface area is 114 Å². The van der Waals surface area contributed by atoms with Gasteiger partial charge >= 0.3 is 0 Å². The largest absolute Gasteiger partial charge is 0.378 e. The van der Waals surface area contributed by atoms with E-state index in [1.807, 2.05) is 0 Å². The molecule has 2 atom stereocenters. The number of hydrogen-bond acceptors (Lipinski definition) is 1. The summed E-state index contributed by atoms with van der Waals surface area (Å²) >= 11 is 0. The molecule has 0 bridgehead atoms. The molecule has 1 nitrogen and oxygen atoms in total. The van der Waals surface area contributed by atoms with Crippen LogP contribution in [-0.4, -0.2) is 12.7 Å². The highest BCUT2D eigenvalue weighted by Crippen LogP contribution is 2.41. The van der Waals surface area contributed by atoms with Crippen LogP contribution < -0.4 is 0 Å².